The summed E-state index contributed by atoms with van der Waals surface area (Å²) in [7, 11) is 1.24. The molecule has 0 aromatic heterocycles. The lowest BCUT2D eigenvalue weighted by Gasteiger charge is -2.23. The molecular formula is C19H16F2N2O4. The van der Waals surface area contributed by atoms with E-state index in [2.05, 4.69) is 10.1 Å². The fourth-order valence-corrected chi connectivity index (χ4v) is 3.00. The Morgan fingerprint density at radius 1 is 1.19 bits per heavy atom. The predicted octanol–water partition coefficient (Wildman–Crippen LogP) is 2.72. The first-order valence-electron chi connectivity index (χ1n) is 8.03. The van der Waals surface area contributed by atoms with Crippen LogP contribution in [0.25, 0.3) is 0 Å². The van der Waals surface area contributed by atoms with Crippen LogP contribution >= 0.6 is 0 Å². The van der Waals surface area contributed by atoms with Gasteiger partial charge >= 0.3 is 12.0 Å². The second kappa shape index (κ2) is 6.79. The summed E-state index contributed by atoms with van der Waals surface area (Å²) < 4.78 is 32.3. The molecule has 1 saturated heterocycles. The van der Waals surface area contributed by atoms with Gasteiger partial charge in [-0.05, 0) is 42.8 Å². The van der Waals surface area contributed by atoms with Gasteiger partial charge in [-0.15, -0.1) is 0 Å². The third-order valence-corrected chi connectivity index (χ3v) is 4.43. The van der Waals surface area contributed by atoms with Gasteiger partial charge in [0, 0.05) is 5.56 Å². The maximum Gasteiger partial charge on any atom is 0.337 e. The van der Waals surface area contributed by atoms with Crippen molar-refractivity contribution in [2.24, 2.45) is 0 Å². The van der Waals surface area contributed by atoms with E-state index in [1.165, 1.54) is 26.2 Å². The Morgan fingerprint density at radius 3 is 2.63 bits per heavy atom. The molecule has 0 bridgehead atoms. The first kappa shape index (κ1) is 18.5. The first-order chi connectivity index (χ1) is 12.8. The van der Waals surface area contributed by atoms with E-state index in [-0.39, 0.29) is 17.7 Å². The Bertz CT molecular complexity index is 947. The van der Waals surface area contributed by atoms with Gasteiger partial charge in [-0.2, -0.15) is 0 Å². The quantitative estimate of drug-likeness (QED) is 0.660. The minimum absolute atomic E-state index is 0.137. The van der Waals surface area contributed by atoms with Crippen LogP contribution in [0.2, 0.25) is 0 Å². The van der Waals surface area contributed by atoms with Crippen LogP contribution in [0.3, 0.4) is 0 Å². The summed E-state index contributed by atoms with van der Waals surface area (Å²) in [6.45, 7) is 1.18. The Morgan fingerprint density at radius 2 is 1.93 bits per heavy atom. The van der Waals surface area contributed by atoms with Crippen molar-refractivity contribution >= 4 is 17.9 Å². The molecule has 6 nitrogen and oxygen atoms in total. The number of hydrogen-bond acceptors (Lipinski definition) is 4. The topological polar surface area (TPSA) is 75.7 Å². The highest BCUT2D eigenvalue weighted by Crippen LogP contribution is 2.32. The van der Waals surface area contributed by atoms with Gasteiger partial charge in [0.15, 0.2) is 0 Å². The van der Waals surface area contributed by atoms with E-state index in [1.807, 2.05) is 0 Å². The molecule has 3 rings (SSSR count). The summed E-state index contributed by atoms with van der Waals surface area (Å²) >= 11 is 0. The van der Waals surface area contributed by atoms with E-state index < -0.39 is 35.1 Å². The average Bonchev–Trinajstić information content (AvgIpc) is 2.87. The van der Waals surface area contributed by atoms with E-state index in [0.29, 0.717) is 5.56 Å². The fourth-order valence-electron chi connectivity index (χ4n) is 3.00. The van der Waals surface area contributed by atoms with Crippen molar-refractivity contribution in [3.63, 3.8) is 0 Å². The molecule has 1 heterocycles. The number of ether oxygens (including phenoxy) is 1. The van der Waals surface area contributed by atoms with Crippen LogP contribution in [0.5, 0.6) is 0 Å². The third kappa shape index (κ3) is 3.25. The Hall–Kier alpha value is -3.29. The predicted molar refractivity (Wildman–Crippen MR) is 90.6 cm³/mol. The zero-order valence-electron chi connectivity index (χ0n) is 14.6. The molecule has 3 amide bonds. The molecule has 1 atom stereocenters. The zero-order valence-corrected chi connectivity index (χ0v) is 14.6. The molecule has 0 saturated carbocycles. The molecular weight excluding hydrogens is 358 g/mol. The maximum absolute atomic E-state index is 14.2. The van der Waals surface area contributed by atoms with E-state index >= 15 is 0 Å². The average molecular weight is 374 g/mol. The lowest BCUT2D eigenvalue weighted by molar-refractivity contribution is -0.131. The highest BCUT2D eigenvalue weighted by molar-refractivity contribution is 6.07. The molecule has 140 valence electrons. The molecule has 1 N–H and O–H groups in total. The minimum atomic E-state index is -1.73. The van der Waals surface area contributed by atoms with Crippen LogP contribution in [0, 0.1) is 11.6 Å². The molecule has 2 aromatic carbocycles. The van der Waals surface area contributed by atoms with Crippen LogP contribution in [-0.2, 0) is 21.6 Å². The number of hydrogen-bond donors (Lipinski definition) is 1. The number of benzene rings is 2. The van der Waals surface area contributed by atoms with Crippen LogP contribution in [0.15, 0.2) is 42.5 Å². The molecule has 0 aliphatic carbocycles. The standard InChI is InChI=1S/C19H16F2N2O4/c1-19(14-9-13(20)6-7-15(14)21)17(25)23(18(26)22-19)10-11-4-3-5-12(8-11)16(24)27-2/h3-9H,10H2,1-2H3,(H,22,26)/t19-/m1/s1. The van der Waals surface area contributed by atoms with Gasteiger partial charge in [0.05, 0.1) is 19.2 Å². The summed E-state index contributed by atoms with van der Waals surface area (Å²) in [5.74, 6) is -2.80. The smallest absolute Gasteiger partial charge is 0.337 e. The fraction of sp³-hybridized carbons (Fsp3) is 0.211. The number of amides is 3. The van der Waals surface area contributed by atoms with Crippen molar-refractivity contribution in [1.82, 2.24) is 10.2 Å². The van der Waals surface area contributed by atoms with Crippen molar-refractivity contribution in [3.05, 3.63) is 70.8 Å². The van der Waals surface area contributed by atoms with Gasteiger partial charge < -0.3 is 10.1 Å². The molecule has 8 heteroatoms. The summed E-state index contributed by atoms with van der Waals surface area (Å²) in [5, 5.41) is 2.42. The van der Waals surface area contributed by atoms with Gasteiger partial charge in [0.25, 0.3) is 5.91 Å². The third-order valence-electron chi connectivity index (χ3n) is 4.43. The van der Waals surface area contributed by atoms with Gasteiger partial charge in [-0.1, -0.05) is 12.1 Å². The lowest BCUT2D eigenvalue weighted by Crippen LogP contribution is -2.41. The number of esters is 1. The normalized spacial score (nSPS) is 19.2. The molecule has 0 unspecified atom stereocenters. The number of nitrogens with one attached hydrogen (secondary N) is 1. The van der Waals surface area contributed by atoms with E-state index in [0.717, 1.165) is 23.1 Å². The Kier molecular flexibility index (Phi) is 4.65. The van der Waals surface area contributed by atoms with Crippen LogP contribution in [0.1, 0.15) is 28.4 Å². The van der Waals surface area contributed by atoms with Crippen molar-refractivity contribution in [2.45, 2.75) is 19.0 Å². The van der Waals surface area contributed by atoms with Gasteiger partial charge in [0.2, 0.25) is 0 Å². The number of rotatable bonds is 4. The van der Waals surface area contributed by atoms with Crippen LogP contribution < -0.4 is 5.32 Å². The maximum atomic E-state index is 14.2. The van der Waals surface area contributed by atoms with Crippen molar-refractivity contribution in [3.8, 4) is 0 Å². The van der Waals surface area contributed by atoms with Gasteiger partial charge in [-0.25, -0.2) is 18.4 Å². The number of nitrogens with zero attached hydrogens (tertiary/aromatic N) is 1. The zero-order chi connectivity index (χ0) is 19.8. The van der Waals surface area contributed by atoms with Crippen LogP contribution in [0.4, 0.5) is 13.6 Å². The number of imide groups is 1. The molecule has 1 fully saturated rings. The number of carbonyl (C=O) groups excluding carboxylic acids is 3. The monoisotopic (exact) mass is 374 g/mol. The van der Waals surface area contributed by atoms with Gasteiger partial charge in [-0.3, -0.25) is 9.69 Å². The molecule has 2 aromatic rings. The van der Waals surface area contributed by atoms with Crippen LogP contribution in [-0.4, -0.2) is 29.9 Å². The van der Waals surface area contributed by atoms with Crippen molar-refractivity contribution in [1.29, 1.82) is 0 Å². The number of halogens is 2. The van der Waals surface area contributed by atoms with E-state index in [9.17, 15) is 23.2 Å². The minimum Gasteiger partial charge on any atom is -0.465 e. The molecule has 27 heavy (non-hydrogen) atoms. The number of urea groups is 1. The molecule has 0 radical (unpaired) electrons. The highest BCUT2D eigenvalue weighted by atomic mass is 19.1. The number of methoxy groups -OCH3 is 1. The summed E-state index contributed by atoms with van der Waals surface area (Å²) in [6.07, 6.45) is 0. The molecule has 0 spiro atoms. The first-order valence-corrected chi connectivity index (χ1v) is 8.03. The summed E-state index contributed by atoms with van der Waals surface area (Å²) in [5.41, 5.74) is -1.22. The SMILES string of the molecule is COC(=O)c1cccc(CN2C(=O)N[C@](C)(c3cc(F)ccc3F)C2=O)c1. The van der Waals surface area contributed by atoms with Crippen molar-refractivity contribution < 1.29 is 27.9 Å². The Balaban J connectivity index is 1.91. The lowest BCUT2D eigenvalue weighted by atomic mass is 9.91. The summed E-state index contributed by atoms with van der Waals surface area (Å²) in [4.78, 5) is 37.7. The largest absolute Gasteiger partial charge is 0.465 e. The van der Waals surface area contributed by atoms with E-state index in [4.69, 9.17) is 0 Å². The molecule has 1 aliphatic rings. The summed E-state index contributed by atoms with van der Waals surface area (Å²) in [6, 6.07) is 8.22. The van der Waals surface area contributed by atoms with Crippen molar-refractivity contribution in [2.75, 3.05) is 7.11 Å². The second-order valence-electron chi connectivity index (χ2n) is 6.26. The van der Waals surface area contributed by atoms with Gasteiger partial charge in [0.1, 0.15) is 17.2 Å². The Labute approximate surface area is 153 Å². The highest BCUT2D eigenvalue weighted by Gasteiger charge is 2.50. The molecule has 1 aliphatic heterocycles. The van der Waals surface area contributed by atoms with E-state index in [1.54, 1.807) is 12.1 Å². The second-order valence-corrected chi connectivity index (χ2v) is 6.26. The number of carbonyl (C=O) groups is 3.